The summed E-state index contributed by atoms with van der Waals surface area (Å²) in [6.07, 6.45) is 0. The third-order valence-corrected chi connectivity index (χ3v) is 3.24. The number of nitrogens with zero attached hydrogens (tertiary/aromatic N) is 4. The van der Waals surface area contributed by atoms with Crippen LogP contribution in [0.3, 0.4) is 0 Å². The molecule has 3 rings (SSSR count). The Labute approximate surface area is 133 Å². The zero-order valence-corrected chi connectivity index (χ0v) is 13.1. The number of rotatable bonds is 7. The summed E-state index contributed by atoms with van der Waals surface area (Å²) in [5, 5.41) is 7.94. The molecule has 0 radical (unpaired) electrons. The van der Waals surface area contributed by atoms with Crippen LogP contribution < -0.4 is 0 Å². The predicted octanol–water partition coefficient (Wildman–Crippen LogP) is 2.50. The standard InChI is InChI=1S/C16H18N4O3/c1-20(10-16-17-15(11-21-2)19-23-16)9-13-8-14(18-22-13)12-6-4-3-5-7-12/h3-8H,9-11H2,1-2H3. The Morgan fingerprint density at radius 3 is 2.70 bits per heavy atom. The summed E-state index contributed by atoms with van der Waals surface area (Å²) in [5.41, 5.74) is 1.86. The Balaban J connectivity index is 1.59. The van der Waals surface area contributed by atoms with Crippen molar-refractivity contribution in [3.05, 3.63) is 53.9 Å². The normalized spacial score (nSPS) is 11.3. The van der Waals surface area contributed by atoms with E-state index in [4.69, 9.17) is 13.8 Å². The maximum Gasteiger partial charge on any atom is 0.240 e. The molecular formula is C16H18N4O3. The monoisotopic (exact) mass is 314 g/mol. The van der Waals surface area contributed by atoms with E-state index in [0.717, 1.165) is 17.0 Å². The molecule has 23 heavy (non-hydrogen) atoms. The largest absolute Gasteiger partial charge is 0.377 e. The van der Waals surface area contributed by atoms with Gasteiger partial charge in [0.25, 0.3) is 0 Å². The van der Waals surface area contributed by atoms with Crippen molar-refractivity contribution in [2.24, 2.45) is 0 Å². The maximum absolute atomic E-state index is 5.39. The first-order valence-electron chi connectivity index (χ1n) is 7.24. The second-order valence-electron chi connectivity index (χ2n) is 5.25. The Bertz CT molecular complexity index is 739. The molecule has 7 heteroatoms. The Kier molecular flexibility index (Phi) is 4.80. The van der Waals surface area contributed by atoms with Crippen molar-refractivity contribution in [2.45, 2.75) is 19.7 Å². The van der Waals surface area contributed by atoms with Crippen molar-refractivity contribution in [2.75, 3.05) is 14.2 Å². The molecule has 3 aromatic rings. The van der Waals surface area contributed by atoms with Crippen molar-refractivity contribution >= 4 is 0 Å². The third kappa shape index (κ3) is 4.02. The minimum absolute atomic E-state index is 0.343. The first kappa shape index (κ1) is 15.4. The van der Waals surface area contributed by atoms with Gasteiger partial charge in [0.1, 0.15) is 12.3 Å². The lowest BCUT2D eigenvalue weighted by Gasteiger charge is -2.10. The molecule has 0 spiro atoms. The summed E-state index contributed by atoms with van der Waals surface area (Å²) in [6, 6.07) is 11.9. The highest BCUT2D eigenvalue weighted by Crippen LogP contribution is 2.19. The summed E-state index contributed by atoms with van der Waals surface area (Å²) < 4.78 is 15.5. The Morgan fingerprint density at radius 1 is 1.09 bits per heavy atom. The van der Waals surface area contributed by atoms with E-state index in [9.17, 15) is 0 Å². The molecule has 0 aliphatic rings. The molecule has 1 aromatic carbocycles. The van der Waals surface area contributed by atoms with Gasteiger partial charge in [-0.3, -0.25) is 4.90 Å². The molecule has 7 nitrogen and oxygen atoms in total. The van der Waals surface area contributed by atoms with Gasteiger partial charge in [-0.05, 0) is 7.05 Å². The number of ether oxygens (including phenoxy) is 1. The fourth-order valence-electron chi connectivity index (χ4n) is 2.23. The zero-order valence-electron chi connectivity index (χ0n) is 13.1. The van der Waals surface area contributed by atoms with Crippen LogP contribution in [0.1, 0.15) is 17.5 Å². The van der Waals surface area contributed by atoms with Crippen LogP contribution in [-0.2, 0) is 24.4 Å². The average Bonchev–Trinajstić information content (AvgIpc) is 3.18. The summed E-state index contributed by atoms with van der Waals surface area (Å²) >= 11 is 0. The van der Waals surface area contributed by atoms with Crippen LogP contribution in [-0.4, -0.2) is 34.4 Å². The number of hydrogen-bond acceptors (Lipinski definition) is 7. The minimum Gasteiger partial charge on any atom is -0.377 e. The van der Waals surface area contributed by atoms with Gasteiger partial charge in [-0.25, -0.2) is 0 Å². The van der Waals surface area contributed by atoms with Gasteiger partial charge >= 0.3 is 0 Å². The Morgan fingerprint density at radius 2 is 1.91 bits per heavy atom. The van der Waals surface area contributed by atoms with Crippen molar-refractivity contribution in [3.8, 4) is 11.3 Å². The molecule has 0 fully saturated rings. The van der Waals surface area contributed by atoms with E-state index in [1.165, 1.54) is 0 Å². The van der Waals surface area contributed by atoms with Crippen LogP contribution in [0.15, 0.2) is 45.4 Å². The van der Waals surface area contributed by atoms with Gasteiger partial charge in [-0.1, -0.05) is 40.6 Å². The van der Waals surface area contributed by atoms with Gasteiger partial charge in [0.15, 0.2) is 11.6 Å². The second kappa shape index (κ2) is 7.17. The summed E-state index contributed by atoms with van der Waals surface area (Å²) in [5.74, 6) is 1.87. The molecule has 0 atom stereocenters. The van der Waals surface area contributed by atoms with E-state index >= 15 is 0 Å². The van der Waals surface area contributed by atoms with Crippen molar-refractivity contribution in [1.82, 2.24) is 20.2 Å². The van der Waals surface area contributed by atoms with E-state index in [-0.39, 0.29) is 0 Å². The highest BCUT2D eigenvalue weighted by molar-refractivity contribution is 5.58. The van der Waals surface area contributed by atoms with Crippen LogP contribution in [0.4, 0.5) is 0 Å². The molecule has 2 heterocycles. The fourth-order valence-corrected chi connectivity index (χ4v) is 2.23. The van der Waals surface area contributed by atoms with Crippen molar-refractivity contribution < 1.29 is 13.8 Å². The number of benzene rings is 1. The minimum atomic E-state index is 0.343. The van der Waals surface area contributed by atoms with E-state index in [0.29, 0.717) is 31.4 Å². The lowest BCUT2D eigenvalue weighted by molar-refractivity contribution is 0.174. The van der Waals surface area contributed by atoms with E-state index < -0.39 is 0 Å². The molecule has 0 saturated carbocycles. The smallest absolute Gasteiger partial charge is 0.240 e. The van der Waals surface area contributed by atoms with Crippen LogP contribution >= 0.6 is 0 Å². The first-order valence-corrected chi connectivity index (χ1v) is 7.24. The van der Waals surface area contributed by atoms with Crippen LogP contribution in [0.2, 0.25) is 0 Å². The summed E-state index contributed by atoms with van der Waals surface area (Å²) in [4.78, 5) is 6.26. The Hall–Kier alpha value is -2.51. The van der Waals surface area contributed by atoms with E-state index in [2.05, 4.69) is 15.3 Å². The molecule has 0 saturated heterocycles. The van der Waals surface area contributed by atoms with Crippen molar-refractivity contribution in [3.63, 3.8) is 0 Å². The van der Waals surface area contributed by atoms with Crippen LogP contribution in [0.25, 0.3) is 11.3 Å². The van der Waals surface area contributed by atoms with Gasteiger partial charge < -0.3 is 13.8 Å². The molecule has 2 aromatic heterocycles. The molecule has 0 aliphatic carbocycles. The molecular weight excluding hydrogens is 296 g/mol. The lowest BCUT2D eigenvalue weighted by atomic mass is 10.1. The molecule has 0 bridgehead atoms. The number of aromatic nitrogens is 3. The van der Waals surface area contributed by atoms with Gasteiger partial charge in [-0.15, -0.1) is 0 Å². The fraction of sp³-hybridized carbons (Fsp3) is 0.312. The molecule has 0 unspecified atom stereocenters. The highest BCUT2D eigenvalue weighted by Gasteiger charge is 2.12. The maximum atomic E-state index is 5.39. The van der Waals surface area contributed by atoms with Gasteiger partial charge in [0.05, 0.1) is 13.1 Å². The molecule has 0 aliphatic heterocycles. The van der Waals surface area contributed by atoms with Crippen LogP contribution in [0, 0.1) is 0 Å². The van der Waals surface area contributed by atoms with E-state index in [1.807, 2.05) is 48.3 Å². The van der Waals surface area contributed by atoms with E-state index in [1.54, 1.807) is 7.11 Å². The molecule has 120 valence electrons. The third-order valence-electron chi connectivity index (χ3n) is 3.24. The zero-order chi connectivity index (χ0) is 16.1. The summed E-state index contributed by atoms with van der Waals surface area (Å²) in [6.45, 7) is 1.47. The quantitative estimate of drug-likeness (QED) is 0.663. The average molecular weight is 314 g/mol. The van der Waals surface area contributed by atoms with Gasteiger partial charge in [-0.2, -0.15) is 4.98 Å². The predicted molar refractivity (Wildman–Crippen MR) is 82.1 cm³/mol. The second-order valence-corrected chi connectivity index (χ2v) is 5.25. The highest BCUT2D eigenvalue weighted by atomic mass is 16.5. The molecule has 0 N–H and O–H groups in total. The first-order chi connectivity index (χ1) is 11.2. The number of hydrogen-bond donors (Lipinski definition) is 0. The van der Waals surface area contributed by atoms with Crippen molar-refractivity contribution in [1.29, 1.82) is 0 Å². The lowest BCUT2D eigenvalue weighted by Crippen LogP contribution is -2.17. The summed E-state index contributed by atoms with van der Waals surface area (Å²) in [7, 11) is 3.54. The molecule has 0 amide bonds. The number of methoxy groups -OCH3 is 1. The SMILES string of the molecule is COCc1noc(CN(C)Cc2cc(-c3ccccc3)no2)n1. The van der Waals surface area contributed by atoms with Gasteiger partial charge in [0.2, 0.25) is 5.89 Å². The van der Waals surface area contributed by atoms with Crippen LogP contribution in [0.5, 0.6) is 0 Å². The van der Waals surface area contributed by atoms with Gasteiger partial charge in [0, 0.05) is 18.7 Å². The topological polar surface area (TPSA) is 77.4 Å².